The summed E-state index contributed by atoms with van der Waals surface area (Å²) in [6.07, 6.45) is 5.75. The zero-order valence-corrected chi connectivity index (χ0v) is 12.5. The van der Waals surface area contributed by atoms with Gasteiger partial charge in [-0.05, 0) is 52.4 Å². The second-order valence-electron chi connectivity index (χ2n) is 4.52. The minimum Gasteiger partial charge on any atom is -0.347 e. The van der Waals surface area contributed by atoms with Crippen LogP contribution in [0.5, 0.6) is 0 Å². The third-order valence-corrected chi connectivity index (χ3v) is 4.18. The van der Waals surface area contributed by atoms with E-state index in [1.54, 1.807) is 12.4 Å². The Labute approximate surface area is 123 Å². The van der Waals surface area contributed by atoms with Gasteiger partial charge in [0.2, 0.25) is 0 Å². The van der Waals surface area contributed by atoms with Gasteiger partial charge in [0, 0.05) is 27.7 Å². The summed E-state index contributed by atoms with van der Waals surface area (Å²) < 4.78 is 4.85. The maximum Gasteiger partial charge on any atom is 0.253 e. The summed E-state index contributed by atoms with van der Waals surface area (Å²) in [5, 5.41) is 2.92. The number of hydrogen-bond acceptors (Lipinski definition) is 4. The van der Waals surface area contributed by atoms with Crippen LogP contribution in [-0.2, 0) is 6.54 Å². The number of nitrogens with zero attached hydrogens (tertiary/aromatic N) is 2. The standard InChI is InChI=1S/C13H12BrN3OS/c14-9-5-11(12(15-6-9)8-1-2-8)13(18)16-7-10-3-4-17-19-10/h3-6,8H,1-2,7H2,(H,16,18). The van der Waals surface area contributed by atoms with Crippen molar-refractivity contribution < 1.29 is 4.79 Å². The summed E-state index contributed by atoms with van der Waals surface area (Å²) >= 11 is 4.77. The van der Waals surface area contributed by atoms with Gasteiger partial charge in [-0.25, -0.2) is 4.37 Å². The number of pyridine rings is 1. The van der Waals surface area contributed by atoms with Crippen molar-refractivity contribution in [2.45, 2.75) is 25.3 Å². The average Bonchev–Trinajstić information content (AvgIpc) is 3.12. The van der Waals surface area contributed by atoms with Crippen LogP contribution < -0.4 is 5.32 Å². The SMILES string of the molecule is O=C(NCc1ccns1)c1cc(Br)cnc1C1CC1. The number of aromatic nitrogens is 2. The van der Waals surface area contributed by atoms with Gasteiger partial charge in [-0.1, -0.05) is 0 Å². The van der Waals surface area contributed by atoms with Gasteiger partial charge in [0.25, 0.3) is 5.91 Å². The molecule has 1 N–H and O–H groups in total. The van der Waals surface area contributed by atoms with E-state index in [2.05, 4.69) is 30.6 Å². The van der Waals surface area contributed by atoms with Crippen LogP contribution >= 0.6 is 27.5 Å². The van der Waals surface area contributed by atoms with Crippen molar-refractivity contribution in [2.24, 2.45) is 0 Å². The highest BCUT2D eigenvalue weighted by Crippen LogP contribution is 2.40. The lowest BCUT2D eigenvalue weighted by molar-refractivity contribution is 0.0949. The molecule has 0 atom stereocenters. The van der Waals surface area contributed by atoms with E-state index in [-0.39, 0.29) is 5.91 Å². The zero-order chi connectivity index (χ0) is 13.2. The van der Waals surface area contributed by atoms with E-state index >= 15 is 0 Å². The van der Waals surface area contributed by atoms with Gasteiger partial charge in [0.1, 0.15) is 0 Å². The molecule has 0 aliphatic heterocycles. The maximum absolute atomic E-state index is 12.3. The maximum atomic E-state index is 12.3. The van der Waals surface area contributed by atoms with Crippen LogP contribution in [0.4, 0.5) is 0 Å². The van der Waals surface area contributed by atoms with Gasteiger partial charge >= 0.3 is 0 Å². The first-order chi connectivity index (χ1) is 9.24. The molecule has 0 bridgehead atoms. The van der Waals surface area contributed by atoms with Crippen LogP contribution in [0.3, 0.4) is 0 Å². The van der Waals surface area contributed by atoms with Crippen molar-refractivity contribution in [3.8, 4) is 0 Å². The fraction of sp³-hybridized carbons (Fsp3) is 0.308. The summed E-state index contributed by atoms with van der Waals surface area (Å²) in [6, 6.07) is 3.76. The molecule has 1 fully saturated rings. The molecule has 0 spiro atoms. The number of carbonyl (C=O) groups excluding carboxylic acids is 1. The molecule has 19 heavy (non-hydrogen) atoms. The number of hydrogen-bond donors (Lipinski definition) is 1. The Morgan fingerprint density at radius 2 is 2.37 bits per heavy atom. The molecule has 0 aromatic carbocycles. The van der Waals surface area contributed by atoms with E-state index < -0.39 is 0 Å². The lowest BCUT2D eigenvalue weighted by Crippen LogP contribution is -2.24. The van der Waals surface area contributed by atoms with Crippen LogP contribution in [0.1, 0.15) is 39.7 Å². The second-order valence-corrected chi connectivity index (χ2v) is 6.36. The highest BCUT2D eigenvalue weighted by atomic mass is 79.9. The van der Waals surface area contributed by atoms with Crippen LogP contribution in [0, 0.1) is 0 Å². The van der Waals surface area contributed by atoms with Crippen LogP contribution in [-0.4, -0.2) is 15.3 Å². The van der Waals surface area contributed by atoms with Gasteiger partial charge in [-0.15, -0.1) is 0 Å². The van der Waals surface area contributed by atoms with Crippen molar-refractivity contribution in [2.75, 3.05) is 0 Å². The van der Waals surface area contributed by atoms with Crippen molar-refractivity contribution in [3.05, 3.63) is 45.1 Å². The van der Waals surface area contributed by atoms with E-state index in [9.17, 15) is 4.79 Å². The summed E-state index contributed by atoms with van der Waals surface area (Å²) in [4.78, 5) is 17.7. The van der Waals surface area contributed by atoms with Gasteiger partial charge < -0.3 is 5.32 Å². The van der Waals surface area contributed by atoms with E-state index in [1.165, 1.54) is 11.5 Å². The number of carbonyl (C=O) groups is 1. The predicted octanol–water partition coefficient (Wildman–Crippen LogP) is 3.11. The molecule has 1 aliphatic rings. The summed E-state index contributed by atoms with van der Waals surface area (Å²) in [6.45, 7) is 0.514. The van der Waals surface area contributed by atoms with Crippen molar-refractivity contribution in [1.29, 1.82) is 0 Å². The molecule has 4 nitrogen and oxygen atoms in total. The second kappa shape index (κ2) is 5.38. The molecule has 1 saturated carbocycles. The van der Waals surface area contributed by atoms with E-state index in [0.717, 1.165) is 27.9 Å². The molecule has 0 saturated heterocycles. The minimum atomic E-state index is -0.0656. The van der Waals surface area contributed by atoms with Crippen molar-refractivity contribution in [1.82, 2.24) is 14.7 Å². The predicted molar refractivity (Wildman–Crippen MR) is 77.2 cm³/mol. The Morgan fingerprint density at radius 1 is 1.53 bits per heavy atom. The molecule has 2 aromatic rings. The Balaban J connectivity index is 1.76. The van der Waals surface area contributed by atoms with Gasteiger partial charge in [-0.3, -0.25) is 9.78 Å². The first kappa shape index (κ1) is 12.7. The lowest BCUT2D eigenvalue weighted by Gasteiger charge is -2.08. The van der Waals surface area contributed by atoms with Gasteiger partial charge in [-0.2, -0.15) is 0 Å². The molecule has 0 unspecified atom stereocenters. The summed E-state index contributed by atoms with van der Waals surface area (Å²) in [5.74, 6) is 0.390. The average molecular weight is 338 g/mol. The quantitative estimate of drug-likeness (QED) is 0.932. The monoisotopic (exact) mass is 337 g/mol. The normalized spacial score (nSPS) is 14.4. The van der Waals surface area contributed by atoms with E-state index in [4.69, 9.17) is 0 Å². The zero-order valence-electron chi connectivity index (χ0n) is 10.1. The summed E-state index contributed by atoms with van der Waals surface area (Å²) in [7, 11) is 0. The highest BCUT2D eigenvalue weighted by Gasteiger charge is 2.29. The number of nitrogens with one attached hydrogen (secondary N) is 1. The largest absolute Gasteiger partial charge is 0.347 e. The number of amides is 1. The Hall–Kier alpha value is -1.27. The molecule has 98 valence electrons. The Morgan fingerprint density at radius 3 is 3.05 bits per heavy atom. The Bertz CT molecular complexity index is 596. The van der Waals surface area contributed by atoms with Crippen molar-refractivity contribution >= 4 is 33.4 Å². The van der Waals surface area contributed by atoms with Crippen LogP contribution in [0.2, 0.25) is 0 Å². The number of rotatable bonds is 4. The fourth-order valence-corrected chi connectivity index (χ4v) is 2.76. The molecular weight excluding hydrogens is 326 g/mol. The number of halogens is 1. The van der Waals surface area contributed by atoms with Crippen LogP contribution in [0.25, 0.3) is 0 Å². The van der Waals surface area contributed by atoms with E-state index in [1.807, 2.05) is 12.1 Å². The molecule has 2 heterocycles. The van der Waals surface area contributed by atoms with Gasteiger partial charge in [0.05, 0.1) is 17.8 Å². The molecule has 6 heteroatoms. The third kappa shape index (κ3) is 3.01. The molecule has 0 radical (unpaired) electrons. The molecule has 3 rings (SSSR count). The fourth-order valence-electron chi connectivity index (χ4n) is 1.91. The van der Waals surface area contributed by atoms with Crippen LogP contribution in [0.15, 0.2) is 29.0 Å². The highest BCUT2D eigenvalue weighted by molar-refractivity contribution is 9.10. The van der Waals surface area contributed by atoms with Crippen molar-refractivity contribution in [3.63, 3.8) is 0 Å². The summed E-state index contributed by atoms with van der Waals surface area (Å²) in [5.41, 5.74) is 1.60. The first-order valence-corrected chi connectivity index (χ1v) is 7.64. The minimum absolute atomic E-state index is 0.0656. The molecular formula is C13H12BrN3OS. The topological polar surface area (TPSA) is 54.9 Å². The molecule has 1 amide bonds. The third-order valence-electron chi connectivity index (χ3n) is 3.01. The van der Waals surface area contributed by atoms with E-state index in [0.29, 0.717) is 18.0 Å². The molecule has 2 aromatic heterocycles. The lowest BCUT2D eigenvalue weighted by atomic mass is 10.1. The Kier molecular flexibility index (Phi) is 3.61. The first-order valence-electron chi connectivity index (χ1n) is 6.07. The smallest absolute Gasteiger partial charge is 0.253 e. The van der Waals surface area contributed by atoms with Gasteiger partial charge in [0.15, 0.2) is 0 Å². The molecule has 1 aliphatic carbocycles.